The number of hydrogen-bond donors (Lipinski definition) is 0. The highest BCUT2D eigenvalue weighted by Gasteiger charge is 2.22. The van der Waals surface area contributed by atoms with E-state index in [0.29, 0.717) is 0 Å². The predicted molar refractivity (Wildman–Crippen MR) is 389 cm³/mol. The number of benzene rings is 11. The van der Waals surface area contributed by atoms with Crippen LogP contribution in [0.1, 0.15) is 140 Å². The van der Waals surface area contributed by atoms with Gasteiger partial charge in [-0.3, -0.25) is 0 Å². The van der Waals surface area contributed by atoms with Crippen LogP contribution in [-0.2, 0) is 36.5 Å². The Labute approximate surface area is 537 Å². The fraction of sp³-hybridized carbons (Fsp3) is 0.250. The normalized spacial score (nSPS) is 12.8. The quantitative estimate of drug-likeness (QED) is 0.0929. The zero-order valence-corrected chi connectivity index (χ0v) is 54.5. The van der Waals surface area contributed by atoms with Crippen LogP contribution in [0.2, 0.25) is 0 Å². The summed E-state index contributed by atoms with van der Waals surface area (Å²) in [7, 11) is 0. The minimum absolute atomic E-state index is 0.0964. The third kappa shape index (κ3) is 12.6. The van der Waals surface area contributed by atoms with Crippen molar-refractivity contribution in [3.8, 4) is 72.4 Å². The van der Waals surface area contributed by atoms with Gasteiger partial charge >= 0.3 is 0 Å². The molecule has 2 nitrogen and oxygen atoms in total. The lowest BCUT2D eigenvalue weighted by molar-refractivity contribution is 0.590. The first-order valence-corrected chi connectivity index (χ1v) is 33.6. The van der Waals surface area contributed by atoms with E-state index in [1.165, 1.54) is 147 Å². The highest BCUT2D eigenvalue weighted by molar-refractivity contribution is 6.12. The zero-order chi connectivity index (χ0) is 61.9. The molecule has 0 spiro atoms. The Morgan fingerprint density at radius 3 is 1.36 bits per heavy atom. The van der Waals surface area contributed by atoms with Crippen LogP contribution in [0.5, 0.6) is 0 Å². The van der Waals surface area contributed by atoms with Crippen LogP contribution in [0.4, 0.5) is 17.1 Å². The maximum Gasteiger partial charge on any atom is 0.0541 e. The van der Waals surface area contributed by atoms with Crippen LogP contribution >= 0.6 is 0 Å². The van der Waals surface area contributed by atoms with Crippen molar-refractivity contribution in [2.75, 3.05) is 4.90 Å². The Morgan fingerprint density at radius 1 is 0.344 bits per heavy atom. The van der Waals surface area contributed by atoms with Crippen molar-refractivity contribution < 1.29 is 0 Å². The molecule has 450 valence electrons. The zero-order valence-electron chi connectivity index (χ0n) is 54.5. The van der Waals surface area contributed by atoms with E-state index in [1.807, 2.05) is 0 Å². The van der Waals surface area contributed by atoms with Crippen molar-refractivity contribution >= 4 is 38.9 Å². The molecule has 0 saturated heterocycles. The third-order valence-electron chi connectivity index (χ3n) is 19.2. The maximum atomic E-state index is 2.61. The van der Waals surface area contributed by atoms with Crippen LogP contribution < -0.4 is 4.90 Å². The Kier molecular flexibility index (Phi) is 17.2. The molecule has 2 heteroatoms. The van der Waals surface area contributed by atoms with E-state index >= 15 is 0 Å². The van der Waals surface area contributed by atoms with Crippen molar-refractivity contribution in [2.45, 2.75) is 143 Å². The summed E-state index contributed by atoms with van der Waals surface area (Å²) in [5.41, 5.74) is 31.0. The van der Waals surface area contributed by atoms with Crippen molar-refractivity contribution in [3.05, 3.63) is 276 Å². The highest BCUT2D eigenvalue weighted by atomic mass is 15.1. The van der Waals surface area contributed by atoms with E-state index in [-0.39, 0.29) is 10.8 Å². The number of aryl methyl sites for hydroxylation is 4. The average Bonchev–Trinajstić information content (AvgIpc) is 1.59. The SMILES string of the molecule is CCCCCCc1cc2c(cc1-c1ccc(N(c3ccc(-c4ccc(CCC)cc4)cc3)c3ccc(-c4ccc(C(C)(C)C)cc4)cc3)cc1)CCCCCc1cc(ccc1-c1ccc(C(C)(C)C)cc1)-n1c3ccc(-c4ccccc4)cc3c3cc-2ccc31. The van der Waals surface area contributed by atoms with E-state index in [0.717, 1.165) is 74.8 Å². The van der Waals surface area contributed by atoms with Gasteiger partial charge in [0.1, 0.15) is 0 Å². The number of aromatic nitrogens is 1. The molecular formula is C88H88N2. The van der Waals surface area contributed by atoms with Crippen LogP contribution in [0, 0.1) is 0 Å². The first-order valence-electron chi connectivity index (χ1n) is 33.6. The van der Waals surface area contributed by atoms with Gasteiger partial charge < -0.3 is 9.47 Å². The molecule has 0 amide bonds. The fourth-order valence-corrected chi connectivity index (χ4v) is 14.0. The lowest BCUT2D eigenvalue weighted by atomic mass is 9.85. The minimum atomic E-state index is 0.0964. The Hall–Kier alpha value is -8.98. The Morgan fingerprint density at radius 2 is 0.811 bits per heavy atom. The van der Waals surface area contributed by atoms with Gasteiger partial charge in [0.05, 0.1) is 11.0 Å². The summed E-state index contributed by atoms with van der Waals surface area (Å²) in [5.74, 6) is 0. The summed E-state index contributed by atoms with van der Waals surface area (Å²) in [6.45, 7) is 18.3. The second-order valence-electron chi connectivity index (χ2n) is 27.6. The minimum Gasteiger partial charge on any atom is -0.311 e. The molecule has 0 N–H and O–H groups in total. The average molecular weight is 1170 g/mol. The van der Waals surface area contributed by atoms with Gasteiger partial charge in [-0.2, -0.15) is 0 Å². The highest BCUT2D eigenvalue weighted by Crippen LogP contribution is 2.44. The van der Waals surface area contributed by atoms with Crippen molar-refractivity contribution in [2.24, 2.45) is 0 Å². The Balaban J connectivity index is 0.909. The topological polar surface area (TPSA) is 8.17 Å². The summed E-state index contributed by atoms with van der Waals surface area (Å²) in [6, 6.07) is 93.4. The summed E-state index contributed by atoms with van der Waals surface area (Å²) in [5, 5.41) is 2.57. The van der Waals surface area contributed by atoms with Gasteiger partial charge in [0, 0.05) is 33.5 Å². The molecule has 3 heterocycles. The van der Waals surface area contributed by atoms with Crippen molar-refractivity contribution in [1.82, 2.24) is 4.57 Å². The van der Waals surface area contributed by atoms with Crippen LogP contribution in [-0.4, -0.2) is 4.57 Å². The van der Waals surface area contributed by atoms with Crippen molar-refractivity contribution in [1.29, 1.82) is 0 Å². The number of fused-ring (bicyclic) bond motifs is 6. The Bertz CT molecular complexity index is 4430. The summed E-state index contributed by atoms with van der Waals surface area (Å²) in [6.07, 6.45) is 13.6. The first-order chi connectivity index (χ1) is 43.8. The summed E-state index contributed by atoms with van der Waals surface area (Å²) < 4.78 is 2.54. The van der Waals surface area contributed by atoms with Gasteiger partial charge in [-0.15, -0.1) is 0 Å². The fourth-order valence-electron chi connectivity index (χ4n) is 14.0. The molecule has 0 radical (unpaired) electrons. The lowest BCUT2D eigenvalue weighted by Crippen LogP contribution is -2.10. The molecule has 14 rings (SSSR count). The molecule has 6 bridgehead atoms. The molecule has 2 aliphatic heterocycles. The molecule has 12 aromatic rings. The maximum absolute atomic E-state index is 2.61. The third-order valence-corrected chi connectivity index (χ3v) is 19.2. The summed E-state index contributed by atoms with van der Waals surface area (Å²) >= 11 is 0. The van der Waals surface area contributed by atoms with Gasteiger partial charge in [0.2, 0.25) is 0 Å². The predicted octanol–water partition coefficient (Wildman–Crippen LogP) is 25.2. The molecule has 0 saturated carbocycles. The largest absolute Gasteiger partial charge is 0.311 e. The molecular weight excluding hydrogens is 1080 g/mol. The molecule has 0 aliphatic carbocycles. The van der Waals surface area contributed by atoms with E-state index < -0.39 is 0 Å². The molecule has 0 atom stereocenters. The van der Waals surface area contributed by atoms with Crippen LogP contribution in [0.15, 0.2) is 243 Å². The van der Waals surface area contributed by atoms with Gasteiger partial charge in [-0.25, -0.2) is 0 Å². The van der Waals surface area contributed by atoms with Crippen LogP contribution in [0.25, 0.3) is 94.3 Å². The van der Waals surface area contributed by atoms with Crippen molar-refractivity contribution in [3.63, 3.8) is 0 Å². The molecule has 11 aromatic carbocycles. The van der Waals surface area contributed by atoms with E-state index in [4.69, 9.17) is 0 Å². The second kappa shape index (κ2) is 25.9. The standard InChI is InChI=1S/C88H88N2/c1-9-11-12-15-24-71-59-82-72(58-81(71)68-38-50-78(51-39-68)89(76-46-34-65(35-47-76)63-28-26-61(20-10-2)27-29-63)77-48-36-66(37-49-77)64-30-42-74(43-31-64)87(3,4)5)25-19-14-18-23-70-56-79(52-53-80(70)67-32-44-75(45-33-67)88(6,7)8)90-85-54-40-69(62-21-16-13-17-22-62)57-83(85)84-60-73(82)41-55-86(84)90/h13,16-17,21-22,26-60H,9-12,14-15,18-20,23-25H2,1-8H3. The molecule has 0 unspecified atom stereocenters. The monoisotopic (exact) mass is 1170 g/mol. The van der Waals surface area contributed by atoms with E-state index in [1.54, 1.807) is 0 Å². The van der Waals surface area contributed by atoms with Gasteiger partial charge in [-0.05, 0) is 229 Å². The molecule has 1 aromatic heterocycles. The molecule has 0 fully saturated rings. The van der Waals surface area contributed by atoms with Gasteiger partial charge in [0.25, 0.3) is 0 Å². The smallest absolute Gasteiger partial charge is 0.0541 e. The second-order valence-corrected chi connectivity index (χ2v) is 27.6. The summed E-state index contributed by atoms with van der Waals surface area (Å²) in [4.78, 5) is 2.43. The number of hydrogen-bond acceptors (Lipinski definition) is 1. The molecule has 90 heavy (non-hydrogen) atoms. The number of unbranched alkanes of at least 4 members (excludes halogenated alkanes) is 3. The number of anilines is 3. The lowest BCUT2D eigenvalue weighted by Gasteiger charge is -2.26. The molecule has 2 aliphatic rings. The number of nitrogens with zero attached hydrogens (tertiary/aromatic N) is 2. The van der Waals surface area contributed by atoms with E-state index in [9.17, 15) is 0 Å². The van der Waals surface area contributed by atoms with Gasteiger partial charge in [-0.1, -0.05) is 257 Å². The first kappa shape index (κ1) is 60.0. The van der Waals surface area contributed by atoms with E-state index in [2.05, 4.69) is 308 Å². The van der Waals surface area contributed by atoms with Gasteiger partial charge in [0.15, 0.2) is 0 Å². The van der Waals surface area contributed by atoms with Crippen LogP contribution in [0.3, 0.4) is 0 Å². The number of rotatable bonds is 15.